The SMILES string of the molecule is CCNC(=O)NCC(C)Oc1cccc(F)c1. The van der Waals surface area contributed by atoms with Crippen LogP contribution >= 0.6 is 0 Å². The monoisotopic (exact) mass is 240 g/mol. The lowest BCUT2D eigenvalue weighted by Gasteiger charge is -2.15. The van der Waals surface area contributed by atoms with Crippen LogP contribution in [-0.4, -0.2) is 25.2 Å². The predicted octanol–water partition coefficient (Wildman–Crippen LogP) is 1.91. The number of carbonyl (C=O) groups is 1. The van der Waals surface area contributed by atoms with Gasteiger partial charge < -0.3 is 15.4 Å². The quantitative estimate of drug-likeness (QED) is 0.826. The van der Waals surface area contributed by atoms with Crippen molar-refractivity contribution in [3.8, 4) is 5.75 Å². The van der Waals surface area contributed by atoms with Crippen LogP contribution in [0.15, 0.2) is 24.3 Å². The highest BCUT2D eigenvalue weighted by Crippen LogP contribution is 2.13. The van der Waals surface area contributed by atoms with Gasteiger partial charge in [0.05, 0.1) is 6.54 Å². The van der Waals surface area contributed by atoms with Crippen molar-refractivity contribution >= 4 is 6.03 Å². The Morgan fingerprint density at radius 3 is 2.88 bits per heavy atom. The first-order chi connectivity index (χ1) is 8.11. The van der Waals surface area contributed by atoms with Crippen LogP contribution in [-0.2, 0) is 0 Å². The summed E-state index contributed by atoms with van der Waals surface area (Å²) in [6.07, 6.45) is -0.223. The molecule has 0 saturated heterocycles. The van der Waals surface area contributed by atoms with Crippen LogP contribution in [0.4, 0.5) is 9.18 Å². The Morgan fingerprint density at radius 2 is 2.24 bits per heavy atom. The number of hydrogen-bond acceptors (Lipinski definition) is 2. The van der Waals surface area contributed by atoms with Crippen LogP contribution in [0.2, 0.25) is 0 Å². The van der Waals surface area contributed by atoms with E-state index >= 15 is 0 Å². The molecule has 1 atom stereocenters. The van der Waals surface area contributed by atoms with E-state index < -0.39 is 0 Å². The largest absolute Gasteiger partial charge is 0.489 e. The normalized spacial score (nSPS) is 11.7. The molecule has 1 rings (SSSR count). The van der Waals surface area contributed by atoms with Gasteiger partial charge in [-0.1, -0.05) is 6.07 Å². The Balaban J connectivity index is 2.34. The molecule has 0 aliphatic rings. The van der Waals surface area contributed by atoms with Gasteiger partial charge >= 0.3 is 6.03 Å². The molecular weight excluding hydrogens is 223 g/mol. The summed E-state index contributed by atoms with van der Waals surface area (Å²) in [5.74, 6) is 0.113. The molecule has 17 heavy (non-hydrogen) atoms. The van der Waals surface area contributed by atoms with Crippen molar-refractivity contribution in [1.82, 2.24) is 10.6 Å². The zero-order chi connectivity index (χ0) is 12.7. The van der Waals surface area contributed by atoms with Gasteiger partial charge in [0, 0.05) is 12.6 Å². The van der Waals surface area contributed by atoms with Gasteiger partial charge in [0.15, 0.2) is 0 Å². The Morgan fingerprint density at radius 1 is 1.47 bits per heavy atom. The number of amides is 2. The Kier molecular flexibility index (Phi) is 5.26. The second-order valence-corrected chi connectivity index (χ2v) is 3.63. The minimum atomic E-state index is -0.341. The molecule has 0 aromatic heterocycles. The maximum atomic E-state index is 12.9. The number of carbonyl (C=O) groups excluding carboxylic acids is 1. The molecule has 0 aliphatic carbocycles. The molecule has 0 spiro atoms. The number of halogens is 1. The van der Waals surface area contributed by atoms with E-state index in [2.05, 4.69) is 10.6 Å². The van der Waals surface area contributed by atoms with Crippen LogP contribution in [0.1, 0.15) is 13.8 Å². The van der Waals surface area contributed by atoms with Crippen molar-refractivity contribution in [2.45, 2.75) is 20.0 Å². The molecule has 94 valence electrons. The highest BCUT2D eigenvalue weighted by Gasteiger charge is 2.06. The van der Waals surface area contributed by atoms with E-state index in [1.165, 1.54) is 12.1 Å². The number of benzene rings is 1. The average Bonchev–Trinajstić information content (AvgIpc) is 2.27. The molecule has 1 aromatic rings. The minimum Gasteiger partial charge on any atom is -0.489 e. The predicted molar refractivity (Wildman–Crippen MR) is 63.6 cm³/mol. The molecule has 0 radical (unpaired) electrons. The van der Waals surface area contributed by atoms with Gasteiger partial charge in [-0.15, -0.1) is 0 Å². The molecule has 5 heteroatoms. The first kappa shape index (κ1) is 13.3. The second kappa shape index (κ2) is 6.73. The summed E-state index contributed by atoms with van der Waals surface area (Å²) >= 11 is 0. The van der Waals surface area contributed by atoms with Gasteiger partial charge in [0.1, 0.15) is 17.7 Å². The van der Waals surface area contributed by atoms with E-state index in [-0.39, 0.29) is 18.0 Å². The van der Waals surface area contributed by atoms with Gasteiger partial charge in [-0.05, 0) is 26.0 Å². The van der Waals surface area contributed by atoms with Crippen LogP contribution < -0.4 is 15.4 Å². The van der Waals surface area contributed by atoms with Crippen LogP contribution in [0.25, 0.3) is 0 Å². The van der Waals surface area contributed by atoms with Crippen molar-refractivity contribution in [3.63, 3.8) is 0 Å². The van der Waals surface area contributed by atoms with Gasteiger partial charge in [-0.25, -0.2) is 9.18 Å². The van der Waals surface area contributed by atoms with E-state index in [0.29, 0.717) is 18.8 Å². The number of hydrogen-bond donors (Lipinski definition) is 2. The fourth-order valence-corrected chi connectivity index (χ4v) is 1.27. The smallest absolute Gasteiger partial charge is 0.314 e. The molecule has 0 aliphatic heterocycles. The average molecular weight is 240 g/mol. The number of urea groups is 1. The summed E-state index contributed by atoms with van der Waals surface area (Å²) in [5, 5.41) is 5.26. The van der Waals surface area contributed by atoms with Crippen molar-refractivity contribution in [2.24, 2.45) is 0 Å². The molecule has 2 amide bonds. The fourth-order valence-electron chi connectivity index (χ4n) is 1.27. The number of nitrogens with one attached hydrogen (secondary N) is 2. The lowest BCUT2D eigenvalue weighted by Crippen LogP contribution is -2.40. The summed E-state index contributed by atoms with van der Waals surface area (Å²) in [7, 11) is 0. The first-order valence-electron chi connectivity index (χ1n) is 5.55. The third kappa shape index (κ3) is 5.19. The van der Waals surface area contributed by atoms with E-state index in [4.69, 9.17) is 4.74 Å². The summed E-state index contributed by atoms with van der Waals surface area (Å²) in [5.41, 5.74) is 0. The van der Waals surface area contributed by atoms with Crippen molar-refractivity contribution in [1.29, 1.82) is 0 Å². The molecule has 0 bridgehead atoms. The summed E-state index contributed by atoms with van der Waals surface area (Å²) in [6, 6.07) is 5.68. The fraction of sp³-hybridized carbons (Fsp3) is 0.417. The number of ether oxygens (including phenoxy) is 1. The van der Waals surface area contributed by atoms with Gasteiger partial charge in [-0.3, -0.25) is 0 Å². The molecule has 1 aromatic carbocycles. The zero-order valence-electron chi connectivity index (χ0n) is 10.00. The van der Waals surface area contributed by atoms with E-state index in [1.54, 1.807) is 19.1 Å². The molecule has 0 saturated carbocycles. The lowest BCUT2D eigenvalue weighted by atomic mass is 10.3. The molecule has 1 unspecified atom stereocenters. The summed E-state index contributed by atoms with van der Waals surface area (Å²) in [6.45, 7) is 4.58. The van der Waals surface area contributed by atoms with Gasteiger partial charge in [0.2, 0.25) is 0 Å². The first-order valence-corrected chi connectivity index (χ1v) is 5.55. The van der Waals surface area contributed by atoms with Crippen molar-refractivity contribution < 1.29 is 13.9 Å². The molecule has 2 N–H and O–H groups in total. The third-order valence-corrected chi connectivity index (χ3v) is 2.02. The van der Waals surface area contributed by atoms with Gasteiger partial charge in [-0.2, -0.15) is 0 Å². The van der Waals surface area contributed by atoms with Crippen LogP contribution in [0.3, 0.4) is 0 Å². The van der Waals surface area contributed by atoms with Crippen molar-refractivity contribution in [2.75, 3.05) is 13.1 Å². The van der Waals surface area contributed by atoms with Crippen LogP contribution in [0.5, 0.6) is 5.75 Å². The minimum absolute atomic E-state index is 0.223. The maximum Gasteiger partial charge on any atom is 0.314 e. The summed E-state index contributed by atoms with van der Waals surface area (Å²) in [4.78, 5) is 11.1. The zero-order valence-corrected chi connectivity index (χ0v) is 10.00. The second-order valence-electron chi connectivity index (χ2n) is 3.63. The topological polar surface area (TPSA) is 50.4 Å². The third-order valence-electron chi connectivity index (χ3n) is 2.02. The van der Waals surface area contributed by atoms with E-state index in [9.17, 15) is 9.18 Å². The van der Waals surface area contributed by atoms with Gasteiger partial charge in [0.25, 0.3) is 0 Å². The van der Waals surface area contributed by atoms with E-state index in [1.807, 2.05) is 6.92 Å². The lowest BCUT2D eigenvalue weighted by molar-refractivity contribution is 0.207. The van der Waals surface area contributed by atoms with Crippen molar-refractivity contribution in [3.05, 3.63) is 30.1 Å². The maximum absolute atomic E-state index is 12.9. The molecule has 0 fully saturated rings. The Hall–Kier alpha value is -1.78. The summed E-state index contributed by atoms with van der Waals surface area (Å²) < 4.78 is 18.3. The molecule has 4 nitrogen and oxygen atoms in total. The standard InChI is InChI=1S/C12H17FN2O2/c1-3-14-12(16)15-8-9(2)17-11-6-4-5-10(13)7-11/h4-7,9H,3,8H2,1-2H3,(H2,14,15,16). The van der Waals surface area contributed by atoms with E-state index in [0.717, 1.165) is 0 Å². The van der Waals surface area contributed by atoms with Crippen LogP contribution in [0, 0.1) is 5.82 Å². The Bertz CT molecular complexity index is 371. The highest BCUT2D eigenvalue weighted by molar-refractivity contribution is 5.73. The number of rotatable bonds is 5. The Labute approximate surface area is 100 Å². The molecule has 0 heterocycles. The molecular formula is C12H17FN2O2. The highest BCUT2D eigenvalue weighted by atomic mass is 19.1.